The van der Waals surface area contributed by atoms with Crippen LogP contribution in [0.4, 0.5) is 17.3 Å². The lowest BCUT2D eigenvalue weighted by Gasteiger charge is -2.26. The molecule has 6 N–H and O–H groups in total. The molecule has 2 aromatic rings. The van der Waals surface area contributed by atoms with Crippen molar-refractivity contribution >= 4 is 23.3 Å². The molecule has 1 aliphatic rings. The van der Waals surface area contributed by atoms with Crippen molar-refractivity contribution in [3.05, 3.63) is 34.9 Å². The monoisotopic (exact) mass is 364 g/mol. The van der Waals surface area contributed by atoms with Crippen LogP contribution >= 0.6 is 0 Å². The van der Waals surface area contributed by atoms with E-state index in [9.17, 15) is 5.26 Å². The number of aromatic nitrogens is 1. The Labute approximate surface area is 155 Å². The van der Waals surface area contributed by atoms with E-state index >= 15 is 0 Å². The Morgan fingerprint density at radius 3 is 2.56 bits per heavy atom. The van der Waals surface area contributed by atoms with Gasteiger partial charge in [0.05, 0.1) is 19.9 Å². The van der Waals surface area contributed by atoms with Gasteiger partial charge in [-0.1, -0.05) is 6.07 Å². The smallest absolute Gasteiger partial charge is 0.211 e. The van der Waals surface area contributed by atoms with Crippen molar-refractivity contribution in [3.8, 4) is 23.8 Å². The highest BCUT2D eigenvalue weighted by Gasteiger charge is 2.30. The van der Waals surface area contributed by atoms with Crippen LogP contribution in [0, 0.1) is 22.8 Å². The fourth-order valence-corrected chi connectivity index (χ4v) is 2.85. The fraction of sp³-hybridized carbons (Fsp3) is 0.176. The highest BCUT2D eigenvalue weighted by molar-refractivity contribution is 5.98. The summed E-state index contributed by atoms with van der Waals surface area (Å²) in [5.74, 6) is 1.54. The number of fused-ring (bicyclic) bond motifs is 1. The second-order valence-corrected chi connectivity index (χ2v) is 5.52. The molecule has 1 aromatic heterocycles. The summed E-state index contributed by atoms with van der Waals surface area (Å²) in [6, 6.07) is 6.58. The van der Waals surface area contributed by atoms with Gasteiger partial charge in [0.15, 0.2) is 17.7 Å². The maximum Gasteiger partial charge on any atom is 0.211 e. The molecular weight excluding hydrogens is 348 g/mol. The first-order chi connectivity index (χ1) is 13.0. The molecule has 1 unspecified atom stereocenters. The summed E-state index contributed by atoms with van der Waals surface area (Å²) < 4.78 is 10.6. The van der Waals surface area contributed by atoms with Crippen molar-refractivity contribution in [3.63, 3.8) is 0 Å². The highest BCUT2D eigenvalue weighted by atomic mass is 16.5. The van der Waals surface area contributed by atoms with Crippen LogP contribution in [0.2, 0.25) is 0 Å². The SMILES string of the molecule is COc1ccc(C2N=C(NC#N)Nc3nc(N)c(C#N)c(N)c32)cc1OC. The van der Waals surface area contributed by atoms with Gasteiger partial charge in [0, 0.05) is 5.56 Å². The Morgan fingerprint density at radius 2 is 1.93 bits per heavy atom. The zero-order valence-corrected chi connectivity index (χ0v) is 14.6. The van der Waals surface area contributed by atoms with Gasteiger partial charge in [0.2, 0.25) is 5.96 Å². The molecule has 1 aromatic carbocycles. The maximum atomic E-state index is 9.35. The summed E-state index contributed by atoms with van der Waals surface area (Å²) in [5, 5.41) is 23.6. The molecular formula is C17H16N8O2. The van der Waals surface area contributed by atoms with Crippen molar-refractivity contribution in [2.24, 2.45) is 4.99 Å². The van der Waals surface area contributed by atoms with Gasteiger partial charge in [-0.15, -0.1) is 0 Å². The van der Waals surface area contributed by atoms with Crippen LogP contribution in [0.1, 0.15) is 22.7 Å². The number of rotatable bonds is 3. The van der Waals surface area contributed by atoms with Crippen LogP contribution < -0.4 is 31.6 Å². The first-order valence-electron chi connectivity index (χ1n) is 7.74. The molecule has 1 atom stereocenters. The quantitative estimate of drug-likeness (QED) is 0.460. The number of ether oxygens (including phenoxy) is 2. The lowest BCUT2D eigenvalue weighted by atomic mass is 9.95. The van der Waals surface area contributed by atoms with Crippen LogP contribution in [0.15, 0.2) is 23.2 Å². The molecule has 0 aliphatic carbocycles. The van der Waals surface area contributed by atoms with Crippen molar-refractivity contribution in [1.29, 1.82) is 10.5 Å². The van der Waals surface area contributed by atoms with E-state index in [2.05, 4.69) is 20.6 Å². The predicted octanol–water partition coefficient (Wildman–Crippen LogP) is 1.08. The summed E-state index contributed by atoms with van der Waals surface area (Å²) in [6.45, 7) is 0. The first-order valence-corrected chi connectivity index (χ1v) is 7.74. The first kappa shape index (κ1) is 17.6. The number of nitrogens with zero attached hydrogens (tertiary/aromatic N) is 4. The van der Waals surface area contributed by atoms with E-state index in [0.29, 0.717) is 28.4 Å². The number of nitrogens with one attached hydrogen (secondary N) is 2. The van der Waals surface area contributed by atoms with E-state index < -0.39 is 6.04 Å². The molecule has 0 fully saturated rings. The fourth-order valence-electron chi connectivity index (χ4n) is 2.85. The van der Waals surface area contributed by atoms with Gasteiger partial charge in [-0.25, -0.2) is 9.98 Å². The third kappa shape index (κ3) is 2.96. The van der Waals surface area contributed by atoms with E-state index in [1.807, 2.05) is 6.07 Å². The molecule has 3 rings (SSSR count). The van der Waals surface area contributed by atoms with Crippen LogP contribution in [0.3, 0.4) is 0 Å². The molecule has 10 nitrogen and oxygen atoms in total. The molecule has 10 heteroatoms. The number of guanidine groups is 1. The van der Waals surface area contributed by atoms with Crippen molar-refractivity contribution in [2.45, 2.75) is 6.04 Å². The van der Waals surface area contributed by atoms with Gasteiger partial charge in [-0.2, -0.15) is 10.5 Å². The van der Waals surface area contributed by atoms with E-state index in [1.54, 1.807) is 24.4 Å². The summed E-state index contributed by atoms with van der Waals surface area (Å²) in [4.78, 5) is 8.69. The molecule has 0 saturated heterocycles. The molecule has 27 heavy (non-hydrogen) atoms. The Hall–Kier alpha value is -4.18. The molecule has 2 heterocycles. The van der Waals surface area contributed by atoms with Crippen LogP contribution in [-0.4, -0.2) is 25.2 Å². The van der Waals surface area contributed by atoms with E-state index in [4.69, 9.17) is 26.2 Å². The number of methoxy groups -OCH3 is 2. The summed E-state index contributed by atoms with van der Waals surface area (Å²) in [5.41, 5.74) is 13.5. The number of nitrogens with two attached hydrogens (primary N) is 2. The molecule has 136 valence electrons. The minimum atomic E-state index is -0.642. The zero-order chi connectivity index (χ0) is 19.6. The van der Waals surface area contributed by atoms with E-state index in [0.717, 1.165) is 0 Å². The number of anilines is 3. The van der Waals surface area contributed by atoms with Gasteiger partial charge in [-0.3, -0.25) is 5.32 Å². The zero-order valence-electron chi connectivity index (χ0n) is 14.6. The number of nitrogen functional groups attached to an aromatic ring is 2. The predicted molar refractivity (Wildman–Crippen MR) is 99.0 cm³/mol. The van der Waals surface area contributed by atoms with Crippen LogP contribution in [0.5, 0.6) is 11.5 Å². The lowest BCUT2D eigenvalue weighted by Crippen LogP contribution is -2.32. The van der Waals surface area contributed by atoms with Gasteiger partial charge in [0.1, 0.15) is 29.3 Å². The standard InChI is InChI=1S/C17H16N8O2/c1-26-10-4-3-8(5-11(10)27-2)14-12-13(20)9(6-18)15(21)24-16(12)25-17(23-14)22-7-19/h3-5,14H,1-2H3,(H6,20,21,22,23,24,25). The van der Waals surface area contributed by atoms with Gasteiger partial charge in [-0.05, 0) is 17.7 Å². The van der Waals surface area contributed by atoms with Crippen LogP contribution in [-0.2, 0) is 0 Å². The minimum absolute atomic E-state index is 0.00878. The van der Waals surface area contributed by atoms with Crippen molar-refractivity contribution < 1.29 is 9.47 Å². The Balaban J connectivity index is 2.23. The topological polar surface area (TPSA) is 167 Å². The molecule has 0 amide bonds. The summed E-state index contributed by atoms with van der Waals surface area (Å²) in [7, 11) is 3.06. The second-order valence-electron chi connectivity index (χ2n) is 5.52. The molecule has 0 saturated carbocycles. The molecule has 0 radical (unpaired) electrons. The highest BCUT2D eigenvalue weighted by Crippen LogP contribution is 2.42. The van der Waals surface area contributed by atoms with Gasteiger partial charge < -0.3 is 26.3 Å². The minimum Gasteiger partial charge on any atom is -0.493 e. The second kappa shape index (κ2) is 6.98. The molecule has 1 aliphatic heterocycles. The lowest BCUT2D eigenvalue weighted by molar-refractivity contribution is 0.354. The molecule has 0 bridgehead atoms. The molecule has 0 spiro atoms. The third-order valence-corrected chi connectivity index (χ3v) is 4.08. The van der Waals surface area contributed by atoms with Crippen molar-refractivity contribution in [1.82, 2.24) is 10.3 Å². The average molecular weight is 364 g/mol. The number of pyridine rings is 1. The van der Waals surface area contributed by atoms with Crippen LogP contribution in [0.25, 0.3) is 0 Å². The maximum absolute atomic E-state index is 9.35. The Bertz CT molecular complexity index is 1020. The summed E-state index contributed by atoms with van der Waals surface area (Å²) in [6.07, 6.45) is 1.80. The van der Waals surface area contributed by atoms with Gasteiger partial charge >= 0.3 is 0 Å². The number of hydrogen-bond donors (Lipinski definition) is 4. The van der Waals surface area contributed by atoms with E-state index in [1.165, 1.54) is 14.2 Å². The summed E-state index contributed by atoms with van der Waals surface area (Å²) >= 11 is 0. The Morgan fingerprint density at radius 1 is 1.19 bits per heavy atom. The Kier molecular flexibility index (Phi) is 4.56. The average Bonchev–Trinajstić information content (AvgIpc) is 2.67. The number of benzene rings is 1. The van der Waals surface area contributed by atoms with E-state index in [-0.39, 0.29) is 23.0 Å². The number of hydrogen-bond acceptors (Lipinski definition) is 10. The van der Waals surface area contributed by atoms with Gasteiger partial charge in [0.25, 0.3) is 0 Å². The normalized spacial score (nSPS) is 14.7. The number of aliphatic imine (C=N–C) groups is 1. The largest absolute Gasteiger partial charge is 0.493 e. The third-order valence-electron chi connectivity index (χ3n) is 4.08. The van der Waals surface area contributed by atoms with Crippen molar-refractivity contribution in [2.75, 3.05) is 31.0 Å². The number of nitriles is 2.